The molecule has 0 aromatic carbocycles. The van der Waals surface area contributed by atoms with Gasteiger partial charge in [-0.3, -0.25) is 0 Å². The van der Waals surface area contributed by atoms with Gasteiger partial charge < -0.3 is 29.3 Å². The molecule has 132 valence electrons. The van der Waals surface area contributed by atoms with Crippen molar-refractivity contribution in [2.45, 2.75) is 25.7 Å². The molecule has 0 N–H and O–H groups in total. The van der Waals surface area contributed by atoms with Gasteiger partial charge in [0, 0.05) is 36.9 Å². The molecule has 12 heteroatoms. The summed E-state index contributed by atoms with van der Waals surface area (Å²) in [6.45, 7) is 6.29. The first kappa shape index (κ1) is 34.3. The number of thiocarbonyl (C=S) groups is 2. The van der Waals surface area contributed by atoms with Crippen molar-refractivity contribution < 1.29 is 142 Å². The minimum Gasteiger partial charge on any atom is -0.550 e. The van der Waals surface area contributed by atoms with Crippen LogP contribution in [0, 0.1) is 0 Å². The topological polar surface area (TPSA) is 133 Å². The number of rotatable bonds is 8. The van der Waals surface area contributed by atoms with Crippen LogP contribution in [0.15, 0.2) is 25.3 Å². The summed E-state index contributed by atoms with van der Waals surface area (Å²) < 4.78 is 8.87. The fourth-order valence-electron chi connectivity index (χ4n) is 0.818. The maximum Gasteiger partial charge on any atom is 1.00 e. The fourth-order valence-corrected chi connectivity index (χ4v) is 1.19. The van der Waals surface area contributed by atoms with E-state index in [0.29, 0.717) is 0 Å². The summed E-state index contributed by atoms with van der Waals surface area (Å²) in [5.74, 6) is -3.82. The normalized spacial score (nSPS) is 8.00. The van der Waals surface area contributed by atoms with Crippen molar-refractivity contribution in [1.29, 1.82) is 0 Å². The molecule has 0 aliphatic rings. The van der Waals surface area contributed by atoms with Gasteiger partial charge in [0.1, 0.15) is 0 Å². The Labute approximate surface area is 246 Å². The van der Waals surface area contributed by atoms with Gasteiger partial charge in [0.15, 0.2) is 10.1 Å². The largest absolute Gasteiger partial charge is 1.00 e. The van der Waals surface area contributed by atoms with E-state index < -0.39 is 23.9 Å². The number of carbonyl (C=O) groups excluding carboxylic acids is 4. The zero-order valence-electron chi connectivity index (χ0n) is 14.5. The Morgan fingerprint density at radius 3 is 1.19 bits per heavy atom. The van der Waals surface area contributed by atoms with Gasteiger partial charge >= 0.3 is 115 Å². The third-order valence-corrected chi connectivity index (χ3v) is 2.40. The average molecular weight is 453 g/mol. The minimum absolute atomic E-state index is 0. The molecule has 0 saturated carbocycles. The van der Waals surface area contributed by atoms with Crippen LogP contribution in [-0.4, -0.2) is 34.0 Å². The maximum atomic E-state index is 10.5. The molecule has 0 aliphatic carbocycles. The van der Waals surface area contributed by atoms with E-state index in [1.54, 1.807) is 0 Å². The number of carbonyl (C=O) groups is 4. The Morgan fingerprint density at radius 2 is 1.00 bits per heavy atom. The molecule has 8 nitrogen and oxygen atoms in total. The third kappa shape index (κ3) is 27.0. The molecule has 0 amide bonds. The molecule has 0 fully saturated rings. The van der Waals surface area contributed by atoms with E-state index in [4.69, 9.17) is 0 Å². The Balaban J connectivity index is -0.000000173. The summed E-state index contributed by atoms with van der Waals surface area (Å²) in [5.41, 5.74) is 0. The predicted octanol–water partition coefficient (Wildman–Crippen LogP) is -6.85. The van der Waals surface area contributed by atoms with Gasteiger partial charge in [0.05, 0.1) is 0 Å². The van der Waals surface area contributed by atoms with E-state index in [1.165, 1.54) is 0 Å². The molecule has 26 heavy (non-hydrogen) atoms. The molecule has 0 aliphatic heterocycles. The molecular weight excluding hydrogens is 438 g/mol. The van der Waals surface area contributed by atoms with Crippen LogP contribution >= 0.6 is 24.4 Å². The number of carboxylic acids is 2. The molecule has 0 heterocycles. The number of esters is 2. The van der Waals surface area contributed by atoms with E-state index in [2.05, 4.69) is 47.1 Å². The standard InChI is InChI=1S/2C7H8O4S.2K/c2*1-2-6(10)11-7(12)4-3-5(8)9;;/h2*2H,1,3-4H2,(H,8,9);;/q;;2*+1/p-2. The van der Waals surface area contributed by atoms with Crippen LogP contribution in [0.2, 0.25) is 0 Å². The summed E-state index contributed by atoms with van der Waals surface area (Å²) in [5, 5.41) is 19.7. The molecule has 0 aromatic rings. The number of aliphatic carboxylic acids is 2. The van der Waals surface area contributed by atoms with Crippen molar-refractivity contribution in [2.24, 2.45) is 0 Å². The van der Waals surface area contributed by atoms with Gasteiger partial charge in [0.25, 0.3) is 0 Å². The van der Waals surface area contributed by atoms with Crippen molar-refractivity contribution in [1.82, 2.24) is 0 Å². The number of ether oxygens (including phenoxy) is 2. The minimum atomic E-state index is -1.23. The van der Waals surface area contributed by atoms with Crippen molar-refractivity contribution in [3.05, 3.63) is 25.3 Å². The van der Waals surface area contributed by atoms with Crippen LogP contribution in [-0.2, 0) is 28.7 Å². The van der Waals surface area contributed by atoms with E-state index in [-0.39, 0.29) is 139 Å². The summed E-state index contributed by atoms with van der Waals surface area (Å²) in [7, 11) is 0. The quantitative estimate of drug-likeness (QED) is 0.151. The van der Waals surface area contributed by atoms with Gasteiger partial charge in [-0.25, -0.2) is 9.59 Å². The first-order chi connectivity index (χ1) is 11.1. The number of hydrogen-bond acceptors (Lipinski definition) is 10. The summed E-state index contributed by atoms with van der Waals surface area (Å²) in [6.07, 6.45) is 1.40. The molecule has 0 saturated heterocycles. The summed E-state index contributed by atoms with van der Waals surface area (Å²) in [4.78, 5) is 40.8. The first-order valence-corrected chi connectivity index (χ1v) is 7.07. The smallest absolute Gasteiger partial charge is 0.550 e. The van der Waals surface area contributed by atoms with Crippen molar-refractivity contribution in [3.63, 3.8) is 0 Å². The molecule has 0 aromatic heterocycles. The second kappa shape index (κ2) is 22.1. The van der Waals surface area contributed by atoms with Crippen LogP contribution in [0.1, 0.15) is 25.7 Å². The molecule has 0 unspecified atom stereocenters. The average Bonchev–Trinajstić information content (AvgIpc) is 2.51. The van der Waals surface area contributed by atoms with E-state index in [0.717, 1.165) is 12.2 Å². The Kier molecular flexibility index (Phi) is 29.2. The zero-order chi connectivity index (χ0) is 19.1. The monoisotopic (exact) mass is 452 g/mol. The zero-order valence-corrected chi connectivity index (χ0v) is 22.4. The van der Waals surface area contributed by atoms with Gasteiger partial charge in [-0.1, -0.05) is 13.2 Å². The Morgan fingerprint density at radius 1 is 0.731 bits per heavy atom. The van der Waals surface area contributed by atoms with Crippen LogP contribution in [0.5, 0.6) is 0 Å². The van der Waals surface area contributed by atoms with Crippen molar-refractivity contribution in [2.75, 3.05) is 0 Å². The number of carboxylic acid groups (broad SMARTS) is 2. The molecular formula is C14H14K2O8S2. The molecule has 0 atom stereocenters. The van der Waals surface area contributed by atoms with Gasteiger partial charge in [-0.2, -0.15) is 0 Å². The first-order valence-electron chi connectivity index (χ1n) is 6.26. The van der Waals surface area contributed by atoms with Gasteiger partial charge in [0.2, 0.25) is 0 Å². The van der Waals surface area contributed by atoms with E-state index in [9.17, 15) is 29.4 Å². The van der Waals surface area contributed by atoms with Crippen LogP contribution in [0.25, 0.3) is 0 Å². The van der Waals surface area contributed by atoms with Crippen LogP contribution < -0.4 is 113 Å². The molecule has 0 bridgehead atoms. The van der Waals surface area contributed by atoms with E-state index in [1.807, 2.05) is 0 Å². The summed E-state index contributed by atoms with van der Waals surface area (Å²) in [6, 6.07) is 0. The third-order valence-electron chi connectivity index (χ3n) is 1.83. The number of hydrogen-bond donors (Lipinski definition) is 0. The Hall–Kier alpha value is 0.813. The van der Waals surface area contributed by atoms with Crippen molar-refractivity contribution in [3.8, 4) is 0 Å². The molecule has 0 spiro atoms. The molecule has 0 radical (unpaired) electrons. The second-order valence-electron chi connectivity index (χ2n) is 3.74. The fraction of sp³-hybridized carbons (Fsp3) is 0.286. The van der Waals surface area contributed by atoms with Crippen molar-refractivity contribution >= 4 is 58.4 Å². The Bertz CT molecular complexity index is 501. The van der Waals surface area contributed by atoms with E-state index >= 15 is 0 Å². The summed E-state index contributed by atoms with van der Waals surface area (Å²) >= 11 is 9.07. The second-order valence-corrected chi connectivity index (χ2v) is 4.65. The van der Waals surface area contributed by atoms with Gasteiger partial charge in [-0.05, 0) is 37.3 Å². The van der Waals surface area contributed by atoms with Crippen LogP contribution in [0.3, 0.4) is 0 Å². The van der Waals surface area contributed by atoms with Crippen LogP contribution in [0.4, 0.5) is 0 Å². The predicted molar refractivity (Wildman–Crippen MR) is 86.3 cm³/mol. The molecule has 0 rings (SSSR count). The maximum absolute atomic E-state index is 10.5. The van der Waals surface area contributed by atoms with Gasteiger partial charge in [-0.15, -0.1) is 0 Å². The SMILES string of the molecule is C=CC(=O)OC(=S)CCC(=O)[O-].C=CC(=O)OC(=S)CCC(=O)[O-].[K+].[K+].